The van der Waals surface area contributed by atoms with Crippen LogP contribution >= 0.6 is 39.1 Å². The zero-order valence-electron chi connectivity index (χ0n) is 17.8. The summed E-state index contributed by atoms with van der Waals surface area (Å²) in [5.74, 6) is 0.0168. The van der Waals surface area contributed by atoms with Crippen LogP contribution in [0, 0.1) is 6.92 Å². The van der Waals surface area contributed by atoms with E-state index >= 15 is 0 Å². The van der Waals surface area contributed by atoms with Crippen LogP contribution in [0.25, 0.3) is 16.9 Å². The molecular weight excluding hydrogens is 539 g/mol. The van der Waals surface area contributed by atoms with Gasteiger partial charge in [-0.3, -0.25) is 9.48 Å². The molecule has 5 rings (SSSR count). The van der Waals surface area contributed by atoms with Crippen LogP contribution in [0.5, 0.6) is 0 Å². The number of hydrogen-bond acceptors (Lipinski definition) is 4. The Balaban J connectivity index is 1.40. The molecule has 0 fully saturated rings. The van der Waals surface area contributed by atoms with Gasteiger partial charge < -0.3 is 5.32 Å². The fourth-order valence-corrected chi connectivity index (χ4v) is 4.44. The van der Waals surface area contributed by atoms with Crippen molar-refractivity contribution < 1.29 is 4.79 Å². The largest absolute Gasteiger partial charge is 0.304 e. The van der Waals surface area contributed by atoms with E-state index in [-0.39, 0.29) is 5.91 Å². The molecule has 0 aliphatic carbocycles. The monoisotopic (exact) mass is 554 g/mol. The molecule has 34 heavy (non-hydrogen) atoms. The molecule has 0 atom stereocenters. The number of aromatic nitrogens is 5. The predicted molar refractivity (Wildman–Crippen MR) is 137 cm³/mol. The van der Waals surface area contributed by atoms with Gasteiger partial charge in [0.05, 0.1) is 22.9 Å². The summed E-state index contributed by atoms with van der Waals surface area (Å²) in [4.78, 5) is 17.5. The molecule has 3 heterocycles. The van der Waals surface area contributed by atoms with E-state index < -0.39 is 0 Å². The summed E-state index contributed by atoms with van der Waals surface area (Å²) in [5.41, 5.74) is 4.65. The van der Waals surface area contributed by atoms with E-state index in [1.165, 1.54) is 6.20 Å². The molecule has 0 saturated heterocycles. The van der Waals surface area contributed by atoms with Gasteiger partial charge >= 0.3 is 0 Å². The van der Waals surface area contributed by atoms with Gasteiger partial charge in [0.1, 0.15) is 5.56 Å². The third-order valence-electron chi connectivity index (χ3n) is 5.29. The normalized spacial score (nSPS) is 11.2. The first-order chi connectivity index (χ1) is 16.4. The molecule has 1 N–H and O–H groups in total. The van der Waals surface area contributed by atoms with Crippen LogP contribution in [0.3, 0.4) is 0 Å². The molecular formula is C24H17BrCl2N6O. The highest BCUT2D eigenvalue weighted by molar-refractivity contribution is 9.10. The van der Waals surface area contributed by atoms with Gasteiger partial charge in [-0.25, -0.2) is 9.50 Å². The van der Waals surface area contributed by atoms with E-state index in [2.05, 4.69) is 36.4 Å². The highest BCUT2D eigenvalue weighted by Gasteiger charge is 2.19. The number of nitrogens with zero attached hydrogens (tertiary/aromatic N) is 5. The minimum Gasteiger partial charge on any atom is -0.304 e. The number of carbonyl (C=O) groups excluding carboxylic acids is 1. The van der Waals surface area contributed by atoms with Crippen LogP contribution in [0.4, 0.5) is 5.82 Å². The highest BCUT2D eigenvalue weighted by atomic mass is 79.9. The third-order valence-corrected chi connectivity index (χ3v) is 6.46. The van der Waals surface area contributed by atoms with Gasteiger partial charge in [-0.2, -0.15) is 10.2 Å². The first-order valence-corrected chi connectivity index (χ1v) is 11.8. The van der Waals surface area contributed by atoms with Crippen molar-refractivity contribution in [3.05, 3.63) is 98.3 Å². The molecule has 0 saturated carbocycles. The van der Waals surface area contributed by atoms with Crippen molar-refractivity contribution in [1.29, 1.82) is 0 Å². The number of nitrogens with one attached hydrogen (secondary N) is 1. The number of benzene rings is 2. The fourth-order valence-electron chi connectivity index (χ4n) is 3.56. The van der Waals surface area contributed by atoms with Gasteiger partial charge in [0.2, 0.25) is 0 Å². The van der Waals surface area contributed by atoms with Gasteiger partial charge in [-0.15, -0.1) is 0 Å². The Hall–Kier alpha value is -3.20. The molecule has 0 aliphatic rings. The molecule has 0 aliphatic heterocycles. The molecule has 0 radical (unpaired) electrons. The first kappa shape index (κ1) is 22.6. The lowest BCUT2D eigenvalue weighted by Crippen LogP contribution is -2.13. The van der Waals surface area contributed by atoms with Crippen LogP contribution in [-0.2, 0) is 6.54 Å². The van der Waals surface area contributed by atoms with Gasteiger partial charge in [0, 0.05) is 28.0 Å². The standard InChI is InChI=1S/C24H17BrCl2N6O/c1-14-2-4-15(5-3-14)21-8-9-28-23-18(11-29-33(21)23)24(34)30-22-19(25)13-32(31-22)12-16-6-7-17(26)10-20(16)27/h2-11,13H,12H2,1H3,(H,30,31,34). The second-order valence-electron chi connectivity index (χ2n) is 7.70. The van der Waals surface area contributed by atoms with Crippen molar-refractivity contribution in [3.63, 3.8) is 0 Å². The quantitative estimate of drug-likeness (QED) is 0.277. The number of rotatable bonds is 5. The van der Waals surface area contributed by atoms with E-state index in [0.29, 0.717) is 38.1 Å². The summed E-state index contributed by atoms with van der Waals surface area (Å²) in [5, 5.41) is 12.8. The number of halogens is 3. The highest BCUT2D eigenvalue weighted by Crippen LogP contribution is 2.26. The zero-order valence-corrected chi connectivity index (χ0v) is 20.9. The molecule has 5 aromatic rings. The fraction of sp³-hybridized carbons (Fsp3) is 0.0833. The van der Waals surface area contributed by atoms with Gasteiger partial charge in [-0.1, -0.05) is 59.1 Å². The van der Waals surface area contributed by atoms with Crippen LogP contribution in [0.1, 0.15) is 21.5 Å². The maximum absolute atomic E-state index is 13.1. The van der Waals surface area contributed by atoms with Gasteiger partial charge in [0.25, 0.3) is 5.91 Å². The average molecular weight is 556 g/mol. The van der Waals surface area contributed by atoms with Crippen LogP contribution in [0.15, 0.2) is 71.6 Å². The number of fused-ring (bicyclic) bond motifs is 1. The molecule has 0 bridgehead atoms. The Bertz CT molecular complexity index is 1530. The zero-order chi connectivity index (χ0) is 23.8. The Kier molecular flexibility index (Phi) is 6.12. The molecule has 0 unspecified atom stereocenters. The molecule has 3 aromatic heterocycles. The molecule has 7 nitrogen and oxygen atoms in total. The first-order valence-electron chi connectivity index (χ1n) is 10.3. The molecule has 0 spiro atoms. The second-order valence-corrected chi connectivity index (χ2v) is 9.40. The SMILES string of the molecule is Cc1ccc(-c2ccnc3c(C(=O)Nc4nn(Cc5ccc(Cl)cc5Cl)cc4Br)cnn23)cc1. The van der Waals surface area contributed by atoms with E-state index in [1.807, 2.05) is 43.3 Å². The van der Waals surface area contributed by atoms with Gasteiger partial charge in [0.15, 0.2) is 11.5 Å². The number of hydrogen-bond donors (Lipinski definition) is 1. The average Bonchev–Trinajstić information content (AvgIpc) is 3.39. The molecule has 2 aromatic carbocycles. The topological polar surface area (TPSA) is 77.1 Å². The van der Waals surface area contributed by atoms with E-state index in [0.717, 1.165) is 22.4 Å². The van der Waals surface area contributed by atoms with Crippen molar-refractivity contribution in [2.24, 2.45) is 0 Å². The van der Waals surface area contributed by atoms with Crippen molar-refractivity contribution in [2.45, 2.75) is 13.5 Å². The summed E-state index contributed by atoms with van der Waals surface area (Å²) in [6.07, 6.45) is 4.95. The van der Waals surface area contributed by atoms with Crippen LogP contribution in [-0.4, -0.2) is 30.3 Å². The van der Waals surface area contributed by atoms with Crippen molar-refractivity contribution >= 4 is 56.5 Å². The lowest BCUT2D eigenvalue weighted by atomic mass is 10.1. The maximum atomic E-state index is 13.1. The van der Waals surface area contributed by atoms with E-state index in [4.69, 9.17) is 23.2 Å². The summed E-state index contributed by atoms with van der Waals surface area (Å²) in [7, 11) is 0. The van der Waals surface area contributed by atoms with Crippen LogP contribution < -0.4 is 5.32 Å². The number of aryl methyl sites for hydroxylation is 1. The summed E-state index contributed by atoms with van der Waals surface area (Å²) in [6.45, 7) is 2.45. The summed E-state index contributed by atoms with van der Waals surface area (Å²) >= 11 is 15.7. The van der Waals surface area contributed by atoms with E-state index in [9.17, 15) is 4.79 Å². The Morgan fingerprint density at radius 3 is 2.68 bits per heavy atom. The Morgan fingerprint density at radius 2 is 1.91 bits per heavy atom. The number of carbonyl (C=O) groups is 1. The Morgan fingerprint density at radius 1 is 1.12 bits per heavy atom. The lowest BCUT2D eigenvalue weighted by molar-refractivity contribution is 0.102. The summed E-state index contributed by atoms with van der Waals surface area (Å²) < 4.78 is 3.98. The van der Waals surface area contributed by atoms with Crippen molar-refractivity contribution in [1.82, 2.24) is 24.4 Å². The minimum absolute atomic E-state index is 0.344. The number of anilines is 1. The number of amides is 1. The van der Waals surface area contributed by atoms with Crippen LogP contribution in [0.2, 0.25) is 10.0 Å². The Labute approximate surface area is 213 Å². The van der Waals surface area contributed by atoms with Gasteiger partial charge in [-0.05, 0) is 46.6 Å². The second kappa shape index (κ2) is 9.21. The smallest absolute Gasteiger partial charge is 0.262 e. The maximum Gasteiger partial charge on any atom is 0.262 e. The molecule has 1 amide bonds. The summed E-state index contributed by atoms with van der Waals surface area (Å²) in [6, 6.07) is 15.3. The minimum atomic E-state index is -0.362. The lowest BCUT2D eigenvalue weighted by Gasteiger charge is -2.06. The molecule has 10 heteroatoms. The van der Waals surface area contributed by atoms with E-state index in [1.54, 1.807) is 33.7 Å². The molecule has 170 valence electrons. The van der Waals surface area contributed by atoms with Crippen molar-refractivity contribution in [3.8, 4) is 11.3 Å². The third kappa shape index (κ3) is 4.44. The predicted octanol–water partition coefficient (Wildman–Crippen LogP) is 6.27. The van der Waals surface area contributed by atoms with Crippen molar-refractivity contribution in [2.75, 3.05) is 5.32 Å².